The lowest BCUT2D eigenvalue weighted by Crippen LogP contribution is -2.13. The first-order valence-corrected chi connectivity index (χ1v) is 13.2. The molecule has 0 fully saturated rings. The number of nitriles is 1. The zero-order chi connectivity index (χ0) is 27.2. The van der Waals surface area contributed by atoms with Crippen molar-refractivity contribution in [3.05, 3.63) is 104 Å². The molecule has 0 spiro atoms. The monoisotopic (exact) mass is 588 g/mol. The number of fused-ring (bicyclic) bond motifs is 1. The molecule has 0 heterocycles. The molecule has 0 atom stereocenters. The van der Waals surface area contributed by atoms with Gasteiger partial charge in [0.1, 0.15) is 18.2 Å². The first kappa shape index (κ1) is 27.3. The number of nitrogens with zero attached hydrogens (tertiary/aromatic N) is 1. The summed E-state index contributed by atoms with van der Waals surface area (Å²) in [5, 5.41) is 15.2. The summed E-state index contributed by atoms with van der Waals surface area (Å²) in [6.07, 6.45) is 1.51. The van der Waals surface area contributed by atoms with Crippen molar-refractivity contribution < 1.29 is 14.3 Å². The number of anilines is 1. The highest BCUT2D eigenvalue weighted by Crippen LogP contribution is 2.38. The van der Waals surface area contributed by atoms with Gasteiger partial charge in [-0.2, -0.15) is 5.26 Å². The molecule has 192 valence electrons. The largest absolute Gasteiger partial charge is 0.490 e. The number of nitrogens with one attached hydrogen (secondary N) is 1. The Hall–Kier alpha value is -3.79. The van der Waals surface area contributed by atoms with Crippen LogP contribution in [-0.4, -0.2) is 12.5 Å². The summed E-state index contributed by atoms with van der Waals surface area (Å²) in [7, 11) is 0. The summed E-state index contributed by atoms with van der Waals surface area (Å²) in [6.45, 7) is 6.60. The van der Waals surface area contributed by atoms with Crippen LogP contribution in [0.2, 0.25) is 5.02 Å². The van der Waals surface area contributed by atoms with E-state index in [1.165, 1.54) is 6.08 Å². The predicted octanol–water partition coefficient (Wildman–Crippen LogP) is 8.40. The molecular weight excluding hydrogens is 564 g/mol. The van der Waals surface area contributed by atoms with Crippen LogP contribution in [0.5, 0.6) is 11.5 Å². The Labute approximate surface area is 235 Å². The summed E-state index contributed by atoms with van der Waals surface area (Å²) in [5.74, 6) is 0.524. The Balaban J connectivity index is 1.61. The molecule has 5 nitrogen and oxygen atoms in total. The Bertz CT molecular complexity index is 1590. The minimum atomic E-state index is -0.534. The number of amides is 1. The van der Waals surface area contributed by atoms with Gasteiger partial charge in [-0.1, -0.05) is 54.1 Å². The Morgan fingerprint density at radius 3 is 2.55 bits per heavy atom. The molecule has 0 unspecified atom stereocenters. The van der Waals surface area contributed by atoms with Crippen molar-refractivity contribution in [2.45, 2.75) is 27.4 Å². The lowest BCUT2D eigenvalue weighted by Gasteiger charge is -2.17. The van der Waals surface area contributed by atoms with Crippen LogP contribution in [0.4, 0.5) is 5.69 Å². The summed E-state index contributed by atoms with van der Waals surface area (Å²) in [5.41, 5.74) is 4.19. The highest BCUT2D eigenvalue weighted by Gasteiger charge is 2.16. The number of hydrogen-bond acceptors (Lipinski definition) is 4. The Morgan fingerprint density at radius 2 is 1.82 bits per heavy atom. The van der Waals surface area contributed by atoms with E-state index in [0.29, 0.717) is 45.5 Å². The van der Waals surface area contributed by atoms with Crippen molar-refractivity contribution in [3.63, 3.8) is 0 Å². The molecule has 4 aromatic rings. The molecule has 0 radical (unpaired) electrons. The number of benzene rings is 4. The molecule has 0 bridgehead atoms. The van der Waals surface area contributed by atoms with Crippen molar-refractivity contribution in [1.29, 1.82) is 5.26 Å². The van der Waals surface area contributed by atoms with Crippen LogP contribution in [-0.2, 0) is 11.4 Å². The predicted molar refractivity (Wildman–Crippen MR) is 157 cm³/mol. The maximum absolute atomic E-state index is 12.8. The number of halogens is 2. The van der Waals surface area contributed by atoms with Gasteiger partial charge in [0.15, 0.2) is 11.5 Å². The van der Waals surface area contributed by atoms with Crippen LogP contribution in [0, 0.1) is 25.2 Å². The molecular formula is C31H26BrClN2O3. The van der Waals surface area contributed by atoms with Crippen LogP contribution >= 0.6 is 27.5 Å². The normalized spacial score (nSPS) is 11.2. The van der Waals surface area contributed by atoms with E-state index >= 15 is 0 Å². The molecule has 4 aromatic carbocycles. The SMILES string of the molecule is CCOc1cc(/C=C(\C#N)C(=O)Nc2ccc(C)c(Cl)c2)cc(Br)c1OCc1c(C)ccc2ccccc12. The van der Waals surface area contributed by atoms with Gasteiger partial charge in [-0.15, -0.1) is 0 Å². The molecule has 7 heteroatoms. The third-order valence-corrected chi connectivity index (χ3v) is 7.07. The van der Waals surface area contributed by atoms with Crippen LogP contribution in [0.15, 0.2) is 76.8 Å². The van der Waals surface area contributed by atoms with Crippen LogP contribution < -0.4 is 14.8 Å². The molecule has 0 saturated carbocycles. The minimum absolute atomic E-state index is 0.0592. The fourth-order valence-corrected chi connectivity index (χ4v) is 4.79. The van der Waals surface area contributed by atoms with Crippen molar-refractivity contribution in [2.24, 2.45) is 0 Å². The van der Waals surface area contributed by atoms with Gasteiger partial charge in [-0.3, -0.25) is 4.79 Å². The number of hydrogen-bond donors (Lipinski definition) is 1. The second-order valence-corrected chi connectivity index (χ2v) is 9.98. The minimum Gasteiger partial charge on any atom is -0.490 e. The van der Waals surface area contributed by atoms with E-state index in [2.05, 4.69) is 52.4 Å². The third-order valence-electron chi connectivity index (χ3n) is 6.07. The number of carbonyl (C=O) groups excluding carboxylic acids is 1. The highest BCUT2D eigenvalue weighted by atomic mass is 79.9. The zero-order valence-electron chi connectivity index (χ0n) is 21.3. The van der Waals surface area contributed by atoms with Gasteiger partial charge in [0.2, 0.25) is 0 Å². The Kier molecular flexibility index (Phi) is 8.73. The third kappa shape index (κ3) is 6.19. The van der Waals surface area contributed by atoms with Crippen LogP contribution in [0.25, 0.3) is 16.8 Å². The topological polar surface area (TPSA) is 71.3 Å². The maximum Gasteiger partial charge on any atom is 0.266 e. The number of rotatable bonds is 8. The van der Waals surface area contributed by atoms with Gasteiger partial charge in [-0.05, 0) is 94.5 Å². The van der Waals surface area contributed by atoms with E-state index in [4.69, 9.17) is 21.1 Å². The average molecular weight is 590 g/mol. The van der Waals surface area contributed by atoms with E-state index in [1.54, 1.807) is 30.3 Å². The molecule has 0 aromatic heterocycles. The van der Waals surface area contributed by atoms with Crippen molar-refractivity contribution in [3.8, 4) is 17.6 Å². The molecule has 38 heavy (non-hydrogen) atoms. The van der Waals surface area contributed by atoms with Crippen LogP contribution in [0.3, 0.4) is 0 Å². The van der Waals surface area contributed by atoms with Crippen molar-refractivity contribution >= 4 is 56.0 Å². The Morgan fingerprint density at radius 1 is 1.05 bits per heavy atom. The van der Waals surface area contributed by atoms with E-state index in [-0.39, 0.29) is 5.57 Å². The number of aryl methyl sites for hydroxylation is 2. The van der Waals surface area contributed by atoms with E-state index < -0.39 is 5.91 Å². The van der Waals surface area contributed by atoms with Gasteiger partial charge >= 0.3 is 0 Å². The number of carbonyl (C=O) groups is 1. The quantitative estimate of drug-likeness (QED) is 0.165. The standard InChI is InChI=1S/C31H26BrClN2O3/c1-4-37-29-15-21(13-23(17-34)31(36)35-24-12-10-20(3)28(33)16-24)14-27(32)30(29)38-18-26-19(2)9-11-22-7-5-6-8-25(22)26/h5-16H,4,18H2,1-3H3,(H,35,36)/b23-13+. The lowest BCUT2D eigenvalue weighted by molar-refractivity contribution is -0.112. The van der Waals surface area contributed by atoms with Gasteiger partial charge in [-0.25, -0.2) is 0 Å². The van der Waals surface area contributed by atoms with E-state index in [0.717, 1.165) is 27.5 Å². The van der Waals surface area contributed by atoms with E-state index in [9.17, 15) is 10.1 Å². The summed E-state index contributed by atoms with van der Waals surface area (Å²) >= 11 is 9.75. The second kappa shape index (κ2) is 12.2. The second-order valence-electron chi connectivity index (χ2n) is 8.72. The molecule has 4 rings (SSSR count). The molecule has 1 N–H and O–H groups in total. The molecule has 1 amide bonds. The molecule has 0 aliphatic rings. The number of ether oxygens (including phenoxy) is 2. The first-order chi connectivity index (χ1) is 18.3. The molecule has 0 saturated heterocycles. The van der Waals surface area contributed by atoms with Gasteiger partial charge < -0.3 is 14.8 Å². The maximum atomic E-state index is 12.8. The fourth-order valence-electron chi connectivity index (χ4n) is 4.04. The summed E-state index contributed by atoms with van der Waals surface area (Å²) in [4.78, 5) is 12.8. The first-order valence-electron chi connectivity index (χ1n) is 12.1. The van der Waals surface area contributed by atoms with Gasteiger partial charge in [0.05, 0.1) is 11.1 Å². The summed E-state index contributed by atoms with van der Waals surface area (Å²) in [6, 6.07) is 23.1. The smallest absolute Gasteiger partial charge is 0.266 e. The average Bonchev–Trinajstić information content (AvgIpc) is 2.90. The highest BCUT2D eigenvalue weighted by molar-refractivity contribution is 9.10. The van der Waals surface area contributed by atoms with Gasteiger partial charge in [0.25, 0.3) is 5.91 Å². The van der Waals surface area contributed by atoms with Crippen LogP contribution in [0.1, 0.15) is 29.2 Å². The van der Waals surface area contributed by atoms with Crippen molar-refractivity contribution in [1.82, 2.24) is 0 Å². The van der Waals surface area contributed by atoms with Crippen molar-refractivity contribution in [2.75, 3.05) is 11.9 Å². The molecule has 0 aliphatic heterocycles. The van der Waals surface area contributed by atoms with E-state index in [1.807, 2.05) is 32.0 Å². The zero-order valence-corrected chi connectivity index (χ0v) is 23.6. The van der Waals surface area contributed by atoms with Gasteiger partial charge in [0, 0.05) is 16.3 Å². The lowest BCUT2D eigenvalue weighted by atomic mass is 10.0. The molecule has 0 aliphatic carbocycles. The fraction of sp³-hybridized carbons (Fsp3) is 0.161. The summed E-state index contributed by atoms with van der Waals surface area (Å²) < 4.78 is 12.8.